The lowest BCUT2D eigenvalue weighted by molar-refractivity contribution is -0.148. The van der Waals surface area contributed by atoms with Crippen LogP contribution in [0.5, 0.6) is 0 Å². The highest BCUT2D eigenvalue weighted by atomic mass is 16.5. The molecule has 3 saturated carbocycles. The third-order valence-corrected chi connectivity index (χ3v) is 8.17. The van der Waals surface area contributed by atoms with Crippen LogP contribution >= 0.6 is 0 Å². The summed E-state index contributed by atoms with van der Waals surface area (Å²) < 4.78 is 5.53. The van der Waals surface area contributed by atoms with Crippen molar-refractivity contribution in [2.75, 3.05) is 0 Å². The topological polar surface area (TPSA) is 26.3 Å². The molecule has 0 spiro atoms. The van der Waals surface area contributed by atoms with Crippen LogP contribution in [0.4, 0.5) is 0 Å². The van der Waals surface area contributed by atoms with Crippen LogP contribution < -0.4 is 0 Å². The first-order valence-corrected chi connectivity index (χ1v) is 9.79. The van der Waals surface area contributed by atoms with E-state index in [1.807, 2.05) is 0 Å². The molecule has 0 N–H and O–H groups in total. The number of carbonyl (C=O) groups excluding carboxylic acids is 1. The zero-order valence-corrected chi connectivity index (χ0v) is 15.1. The smallest absolute Gasteiger partial charge is 0.302 e. The Morgan fingerprint density at radius 3 is 2.74 bits per heavy atom. The summed E-state index contributed by atoms with van der Waals surface area (Å²) in [6.07, 6.45) is 14.5. The third kappa shape index (κ3) is 2.39. The first-order valence-electron chi connectivity index (χ1n) is 9.79. The molecule has 4 aliphatic rings. The van der Waals surface area contributed by atoms with Gasteiger partial charge >= 0.3 is 5.97 Å². The summed E-state index contributed by atoms with van der Waals surface area (Å²) in [7, 11) is 0. The van der Waals surface area contributed by atoms with Crippen LogP contribution in [0, 0.1) is 28.6 Å². The van der Waals surface area contributed by atoms with Gasteiger partial charge in [0.25, 0.3) is 0 Å². The van der Waals surface area contributed by atoms with Crippen molar-refractivity contribution in [3.8, 4) is 0 Å². The Morgan fingerprint density at radius 1 is 1.13 bits per heavy atom. The van der Waals surface area contributed by atoms with Crippen molar-refractivity contribution in [2.24, 2.45) is 28.6 Å². The van der Waals surface area contributed by atoms with Crippen LogP contribution in [0.25, 0.3) is 0 Å². The molecule has 0 amide bonds. The molecule has 0 aromatic rings. The quantitative estimate of drug-likeness (QED) is 0.486. The maximum absolute atomic E-state index is 11.3. The van der Waals surface area contributed by atoms with Gasteiger partial charge < -0.3 is 4.74 Å². The van der Waals surface area contributed by atoms with Crippen molar-refractivity contribution < 1.29 is 9.53 Å². The summed E-state index contributed by atoms with van der Waals surface area (Å²) in [4.78, 5) is 11.3. The van der Waals surface area contributed by atoms with E-state index in [1.165, 1.54) is 44.9 Å². The molecule has 2 heteroatoms. The van der Waals surface area contributed by atoms with Gasteiger partial charge in [0.05, 0.1) is 0 Å². The second-order valence-corrected chi connectivity index (χ2v) is 9.32. The molecule has 1 unspecified atom stereocenters. The Labute approximate surface area is 141 Å². The first kappa shape index (κ1) is 15.7. The molecule has 0 bridgehead atoms. The van der Waals surface area contributed by atoms with Gasteiger partial charge in [0, 0.05) is 13.3 Å². The Morgan fingerprint density at radius 2 is 1.96 bits per heavy atom. The van der Waals surface area contributed by atoms with E-state index < -0.39 is 0 Å². The van der Waals surface area contributed by atoms with Gasteiger partial charge in [-0.2, -0.15) is 0 Å². The fraction of sp³-hybridized carbons (Fsp3) is 0.857. The van der Waals surface area contributed by atoms with Gasteiger partial charge in [-0.05, 0) is 73.5 Å². The average Bonchev–Trinajstić information content (AvgIpc) is 2.89. The molecule has 0 aromatic carbocycles. The van der Waals surface area contributed by atoms with E-state index in [2.05, 4.69) is 19.9 Å². The number of hydrogen-bond donors (Lipinski definition) is 0. The van der Waals surface area contributed by atoms with E-state index in [1.54, 1.807) is 12.5 Å². The highest BCUT2D eigenvalue weighted by Gasteiger charge is 2.55. The minimum Gasteiger partial charge on any atom is -0.462 e. The lowest BCUT2D eigenvalue weighted by atomic mass is 9.48. The molecule has 0 heterocycles. The monoisotopic (exact) mass is 316 g/mol. The molecule has 4 aliphatic carbocycles. The minimum absolute atomic E-state index is 0.118. The van der Waals surface area contributed by atoms with Gasteiger partial charge in [-0.25, -0.2) is 0 Å². The second-order valence-electron chi connectivity index (χ2n) is 9.32. The number of rotatable bonds is 1. The van der Waals surface area contributed by atoms with E-state index in [4.69, 9.17) is 4.74 Å². The molecular formula is C21H32O2. The van der Waals surface area contributed by atoms with Crippen molar-refractivity contribution in [1.82, 2.24) is 0 Å². The van der Waals surface area contributed by atoms with Crippen LogP contribution in [0.3, 0.4) is 0 Å². The van der Waals surface area contributed by atoms with Gasteiger partial charge in [0.1, 0.15) is 6.10 Å². The molecule has 0 aliphatic heterocycles. The SMILES string of the molecule is CC(=O)OC1CC[C@@]2(C)C(=CC[C@@H]3[C@H]2CC[C@]2(C)CCC[C@@H]32)C1. The number of esters is 1. The van der Waals surface area contributed by atoms with E-state index in [-0.39, 0.29) is 12.1 Å². The van der Waals surface area contributed by atoms with Crippen LogP contribution in [-0.2, 0) is 9.53 Å². The maximum Gasteiger partial charge on any atom is 0.302 e. The molecule has 128 valence electrons. The Balaban J connectivity index is 1.58. The highest BCUT2D eigenvalue weighted by Crippen LogP contribution is 2.64. The van der Waals surface area contributed by atoms with Crippen LogP contribution in [-0.4, -0.2) is 12.1 Å². The summed E-state index contributed by atoms with van der Waals surface area (Å²) in [6.45, 7) is 6.64. The summed E-state index contributed by atoms with van der Waals surface area (Å²) in [6, 6.07) is 0. The van der Waals surface area contributed by atoms with E-state index >= 15 is 0 Å². The fourth-order valence-electron chi connectivity index (χ4n) is 6.96. The summed E-state index contributed by atoms with van der Waals surface area (Å²) in [5, 5.41) is 0. The predicted molar refractivity (Wildman–Crippen MR) is 91.9 cm³/mol. The lowest BCUT2D eigenvalue weighted by Gasteiger charge is -2.57. The zero-order valence-electron chi connectivity index (χ0n) is 15.1. The van der Waals surface area contributed by atoms with Crippen molar-refractivity contribution in [3.05, 3.63) is 11.6 Å². The van der Waals surface area contributed by atoms with E-state index in [0.717, 1.165) is 30.6 Å². The summed E-state index contributed by atoms with van der Waals surface area (Å²) >= 11 is 0. The minimum atomic E-state index is -0.118. The fourth-order valence-corrected chi connectivity index (χ4v) is 6.96. The second kappa shape index (κ2) is 5.36. The largest absolute Gasteiger partial charge is 0.462 e. The molecular weight excluding hydrogens is 284 g/mol. The van der Waals surface area contributed by atoms with Crippen molar-refractivity contribution in [2.45, 2.75) is 84.7 Å². The average molecular weight is 316 g/mol. The van der Waals surface area contributed by atoms with Gasteiger partial charge in [-0.15, -0.1) is 0 Å². The van der Waals surface area contributed by atoms with Crippen molar-refractivity contribution in [1.29, 1.82) is 0 Å². The molecule has 6 atom stereocenters. The first-order chi connectivity index (χ1) is 10.9. The van der Waals surface area contributed by atoms with Crippen molar-refractivity contribution in [3.63, 3.8) is 0 Å². The third-order valence-electron chi connectivity index (χ3n) is 8.17. The summed E-state index contributed by atoms with van der Waals surface area (Å²) in [5.74, 6) is 2.63. The van der Waals surface area contributed by atoms with Crippen molar-refractivity contribution >= 4 is 5.97 Å². The van der Waals surface area contributed by atoms with Crippen LogP contribution in [0.2, 0.25) is 0 Å². The molecule has 4 rings (SSSR count). The predicted octanol–water partition coefficient (Wildman–Crippen LogP) is 5.27. The lowest BCUT2D eigenvalue weighted by Crippen LogP contribution is -2.49. The number of carbonyl (C=O) groups is 1. The Hall–Kier alpha value is -0.790. The molecule has 0 radical (unpaired) electrons. The van der Waals surface area contributed by atoms with Gasteiger partial charge in [0.15, 0.2) is 0 Å². The van der Waals surface area contributed by atoms with Gasteiger partial charge in [0.2, 0.25) is 0 Å². The molecule has 0 saturated heterocycles. The van der Waals surface area contributed by atoms with Gasteiger partial charge in [-0.3, -0.25) is 4.79 Å². The Bertz CT molecular complexity index is 536. The Kier molecular flexibility index (Phi) is 3.66. The highest BCUT2D eigenvalue weighted by molar-refractivity contribution is 5.66. The standard InChI is InChI=1S/C21H32O2/c1-14(22)23-16-8-12-21(3)15(13-16)6-7-17-18-5-4-10-20(18,2)11-9-19(17)21/h6,16-19H,4-5,7-13H2,1-3H3/t16?,17-,18-,19+,20-,21-/m0/s1. The number of fused-ring (bicyclic) bond motifs is 5. The van der Waals surface area contributed by atoms with Crippen LogP contribution in [0.1, 0.15) is 78.6 Å². The van der Waals surface area contributed by atoms with Gasteiger partial charge in [-0.1, -0.05) is 31.9 Å². The maximum atomic E-state index is 11.3. The summed E-state index contributed by atoms with van der Waals surface area (Å²) in [5.41, 5.74) is 2.62. The number of hydrogen-bond acceptors (Lipinski definition) is 2. The number of ether oxygens (including phenoxy) is 1. The zero-order chi connectivity index (χ0) is 16.2. The number of allylic oxidation sites excluding steroid dienone is 1. The van der Waals surface area contributed by atoms with E-state index in [9.17, 15) is 4.79 Å². The molecule has 2 nitrogen and oxygen atoms in total. The normalized spacial score (nSPS) is 48.7. The molecule has 3 fully saturated rings. The van der Waals surface area contributed by atoms with E-state index in [0.29, 0.717) is 10.8 Å². The molecule has 23 heavy (non-hydrogen) atoms. The van der Waals surface area contributed by atoms with Crippen LogP contribution in [0.15, 0.2) is 11.6 Å². The molecule has 0 aromatic heterocycles.